The third kappa shape index (κ3) is 4.23. The van der Waals surface area contributed by atoms with Crippen molar-refractivity contribution in [2.24, 2.45) is 0 Å². The maximum Gasteiger partial charge on any atom is 0.233 e. The molecule has 2 aliphatic rings. The van der Waals surface area contributed by atoms with E-state index >= 15 is 4.39 Å². The van der Waals surface area contributed by atoms with E-state index in [4.69, 9.17) is 14.5 Å². The van der Waals surface area contributed by atoms with Crippen LogP contribution < -0.4 is 19.7 Å². The number of ether oxygens (including phenoxy) is 2. The van der Waals surface area contributed by atoms with E-state index in [0.717, 1.165) is 36.5 Å². The Labute approximate surface area is 193 Å². The normalized spacial score (nSPS) is 17.4. The van der Waals surface area contributed by atoms with Gasteiger partial charge in [-0.3, -0.25) is 0 Å². The molecule has 4 heterocycles. The molecule has 172 valence electrons. The first-order valence-corrected chi connectivity index (χ1v) is 11.2. The summed E-state index contributed by atoms with van der Waals surface area (Å²) in [5, 5.41) is 11.4. The number of rotatable bonds is 4. The summed E-state index contributed by atoms with van der Waals surface area (Å²) < 4.78 is 26.5. The Morgan fingerprint density at radius 2 is 1.94 bits per heavy atom. The standard InChI is InChI=1S/C25H28FN5O2/c1-25(2,3)29-16-9-10-31(13-16)21-8-7-19-18-6-5-17(15-11-22(32-4)30-27-12-15)23(26)20(18)14-33-24(19)28-21/h5-8,11-12,16,29H,9-10,13-14H2,1-4H3/t16-/m0/s1. The Morgan fingerprint density at radius 3 is 2.73 bits per heavy atom. The highest BCUT2D eigenvalue weighted by Gasteiger charge is 2.29. The molecule has 2 aromatic heterocycles. The zero-order valence-electron chi connectivity index (χ0n) is 19.4. The summed E-state index contributed by atoms with van der Waals surface area (Å²) in [6, 6.07) is 9.76. The van der Waals surface area contributed by atoms with Crippen molar-refractivity contribution in [3.05, 3.63) is 47.9 Å². The summed E-state index contributed by atoms with van der Waals surface area (Å²) in [7, 11) is 1.51. The molecule has 1 aromatic carbocycles. The van der Waals surface area contributed by atoms with E-state index < -0.39 is 0 Å². The van der Waals surface area contributed by atoms with Gasteiger partial charge < -0.3 is 19.7 Å². The summed E-state index contributed by atoms with van der Waals surface area (Å²) >= 11 is 0. The summed E-state index contributed by atoms with van der Waals surface area (Å²) in [6.07, 6.45) is 2.60. The zero-order valence-corrected chi connectivity index (χ0v) is 19.4. The van der Waals surface area contributed by atoms with Crippen LogP contribution in [0.1, 0.15) is 32.8 Å². The number of hydrogen-bond acceptors (Lipinski definition) is 7. The quantitative estimate of drug-likeness (QED) is 0.640. The molecule has 7 nitrogen and oxygen atoms in total. The van der Waals surface area contributed by atoms with Gasteiger partial charge in [-0.05, 0) is 44.9 Å². The van der Waals surface area contributed by atoms with Crippen molar-refractivity contribution >= 4 is 5.82 Å². The Hall–Kier alpha value is -3.26. The predicted molar refractivity (Wildman–Crippen MR) is 125 cm³/mol. The van der Waals surface area contributed by atoms with Crippen LogP contribution in [-0.2, 0) is 6.61 Å². The van der Waals surface area contributed by atoms with Gasteiger partial charge in [0.15, 0.2) is 0 Å². The number of benzene rings is 1. The minimum absolute atomic E-state index is 0.0805. The van der Waals surface area contributed by atoms with Gasteiger partial charge in [-0.25, -0.2) is 4.39 Å². The van der Waals surface area contributed by atoms with Crippen molar-refractivity contribution in [1.29, 1.82) is 0 Å². The molecule has 0 unspecified atom stereocenters. The molecule has 0 aliphatic carbocycles. The first-order valence-electron chi connectivity index (χ1n) is 11.2. The second-order valence-electron chi connectivity index (χ2n) is 9.58. The molecular formula is C25H28FN5O2. The average molecular weight is 450 g/mol. The van der Waals surface area contributed by atoms with Gasteiger partial charge in [0.05, 0.1) is 13.3 Å². The highest BCUT2D eigenvalue weighted by molar-refractivity contribution is 5.78. The van der Waals surface area contributed by atoms with Crippen molar-refractivity contribution in [3.8, 4) is 34.0 Å². The van der Waals surface area contributed by atoms with E-state index in [-0.39, 0.29) is 18.0 Å². The van der Waals surface area contributed by atoms with Crippen LogP contribution >= 0.6 is 0 Å². The van der Waals surface area contributed by atoms with E-state index in [1.54, 1.807) is 12.1 Å². The Balaban J connectivity index is 1.42. The predicted octanol–water partition coefficient (Wildman–Crippen LogP) is 4.21. The van der Waals surface area contributed by atoms with Gasteiger partial charge in [-0.15, -0.1) is 5.10 Å². The highest BCUT2D eigenvalue weighted by atomic mass is 19.1. The average Bonchev–Trinajstić information content (AvgIpc) is 3.25. The Bertz CT molecular complexity index is 1190. The largest absolute Gasteiger partial charge is 0.480 e. The molecule has 0 amide bonds. The van der Waals surface area contributed by atoms with Crippen molar-refractivity contribution in [2.45, 2.75) is 45.4 Å². The van der Waals surface area contributed by atoms with Crippen LogP contribution in [-0.4, -0.2) is 47.0 Å². The molecular weight excluding hydrogens is 421 g/mol. The van der Waals surface area contributed by atoms with Gasteiger partial charge >= 0.3 is 0 Å². The van der Waals surface area contributed by atoms with Gasteiger partial charge in [-0.2, -0.15) is 10.1 Å². The molecule has 5 rings (SSSR count). The molecule has 33 heavy (non-hydrogen) atoms. The Kier molecular flexibility index (Phi) is 5.40. The first kappa shape index (κ1) is 21.6. The summed E-state index contributed by atoms with van der Waals surface area (Å²) in [5.41, 5.74) is 3.25. The van der Waals surface area contributed by atoms with Crippen molar-refractivity contribution in [2.75, 3.05) is 25.1 Å². The van der Waals surface area contributed by atoms with Crippen molar-refractivity contribution < 1.29 is 13.9 Å². The van der Waals surface area contributed by atoms with E-state index in [1.807, 2.05) is 18.2 Å². The molecule has 0 saturated carbocycles. The van der Waals surface area contributed by atoms with Crippen LogP contribution in [0.5, 0.6) is 11.8 Å². The number of fused-ring (bicyclic) bond motifs is 3. The molecule has 0 spiro atoms. The second kappa shape index (κ2) is 8.26. The molecule has 3 aromatic rings. The highest BCUT2D eigenvalue weighted by Crippen LogP contribution is 2.41. The Morgan fingerprint density at radius 1 is 1.15 bits per heavy atom. The van der Waals surface area contributed by atoms with Gasteiger partial charge in [-0.1, -0.05) is 12.1 Å². The maximum atomic E-state index is 15.5. The maximum absolute atomic E-state index is 15.5. The van der Waals surface area contributed by atoms with E-state index in [1.165, 1.54) is 13.3 Å². The number of anilines is 1. The SMILES string of the molecule is COc1cc(-c2ccc3c(c2F)COc2nc(N4CC[C@H](NC(C)(C)C)C4)ccc2-3)cnn1. The van der Waals surface area contributed by atoms with Crippen LogP contribution in [0, 0.1) is 5.82 Å². The number of hydrogen-bond donors (Lipinski definition) is 1. The van der Waals surface area contributed by atoms with Gasteiger partial charge in [0.1, 0.15) is 18.2 Å². The molecule has 1 saturated heterocycles. The number of nitrogens with one attached hydrogen (secondary N) is 1. The third-order valence-corrected chi connectivity index (χ3v) is 6.03. The number of methoxy groups -OCH3 is 1. The minimum atomic E-state index is -0.326. The number of aromatic nitrogens is 3. The lowest BCUT2D eigenvalue weighted by molar-refractivity contribution is 0.284. The zero-order chi connectivity index (χ0) is 23.2. The molecule has 0 bridgehead atoms. The molecule has 0 radical (unpaired) electrons. The summed E-state index contributed by atoms with van der Waals surface area (Å²) in [5.74, 6) is 1.45. The van der Waals surface area contributed by atoms with Gasteiger partial charge in [0.2, 0.25) is 11.8 Å². The molecule has 2 aliphatic heterocycles. The smallest absolute Gasteiger partial charge is 0.233 e. The number of pyridine rings is 1. The second-order valence-corrected chi connectivity index (χ2v) is 9.58. The van der Waals surface area contributed by atoms with E-state index in [0.29, 0.717) is 34.5 Å². The number of halogens is 1. The lowest BCUT2D eigenvalue weighted by Gasteiger charge is -2.27. The molecule has 1 N–H and O–H groups in total. The van der Waals surface area contributed by atoms with Crippen LogP contribution in [0.25, 0.3) is 22.3 Å². The fraction of sp³-hybridized carbons (Fsp3) is 0.400. The molecule has 1 fully saturated rings. The topological polar surface area (TPSA) is 72.4 Å². The van der Waals surface area contributed by atoms with Gasteiger partial charge in [0.25, 0.3) is 0 Å². The summed E-state index contributed by atoms with van der Waals surface area (Å²) in [4.78, 5) is 7.05. The fourth-order valence-corrected chi connectivity index (χ4v) is 4.59. The van der Waals surface area contributed by atoms with E-state index in [9.17, 15) is 0 Å². The minimum Gasteiger partial charge on any atom is -0.480 e. The lowest BCUT2D eigenvalue weighted by Crippen LogP contribution is -2.44. The first-order chi connectivity index (χ1) is 15.8. The van der Waals surface area contributed by atoms with Crippen molar-refractivity contribution in [1.82, 2.24) is 20.5 Å². The lowest BCUT2D eigenvalue weighted by atomic mass is 9.94. The fourth-order valence-electron chi connectivity index (χ4n) is 4.59. The van der Waals surface area contributed by atoms with Crippen LogP contribution in [0.15, 0.2) is 36.5 Å². The van der Waals surface area contributed by atoms with Crippen LogP contribution in [0.4, 0.5) is 10.2 Å². The molecule has 8 heteroatoms. The van der Waals surface area contributed by atoms with Crippen LogP contribution in [0.3, 0.4) is 0 Å². The number of nitrogens with zero attached hydrogens (tertiary/aromatic N) is 4. The monoisotopic (exact) mass is 449 g/mol. The van der Waals surface area contributed by atoms with Crippen LogP contribution in [0.2, 0.25) is 0 Å². The van der Waals surface area contributed by atoms with Gasteiger partial charge in [0, 0.05) is 53.0 Å². The van der Waals surface area contributed by atoms with Crippen molar-refractivity contribution in [3.63, 3.8) is 0 Å². The third-order valence-electron chi connectivity index (χ3n) is 6.03. The molecule has 1 atom stereocenters. The summed E-state index contributed by atoms with van der Waals surface area (Å²) in [6.45, 7) is 8.53. The van der Waals surface area contributed by atoms with E-state index in [2.05, 4.69) is 41.2 Å².